The summed E-state index contributed by atoms with van der Waals surface area (Å²) in [6, 6.07) is 5.65. The van der Waals surface area contributed by atoms with Crippen LogP contribution in [-0.2, 0) is 11.3 Å². The van der Waals surface area contributed by atoms with E-state index in [1.807, 2.05) is 18.2 Å². The van der Waals surface area contributed by atoms with Gasteiger partial charge in [0, 0.05) is 6.54 Å². The van der Waals surface area contributed by atoms with Crippen LogP contribution in [0.15, 0.2) is 18.2 Å². The van der Waals surface area contributed by atoms with Gasteiger partial charge in [0.15, 0.2) is 11.5 Å². The zero-order chi connectivity index (χ0) is 16.4. The Morgan fingerprint density at radius 1 is 1.14 bits per heavy atom. The lowest BCUT2D eigenvalue weighted by Crippen LogP contribution is -2.31. The molecule has 0 aliphatic carbocycles. The smallest absolute Gasteiger partial charge is 0.161 e. The lowest BCUT2D eigenvalue weighted by atomic mass is 10.1. The number of aliphatic hydroxyl groups excluding tert-OH is 1. The molecule has 1 rings (SSSR count). The third-order valence-electron chi connectivity index (χ3n) is 3.31. The van der Waals surface area contributed by atoms with Crippen molar-refractivity contribution in [1.29, 1.82) is 0 Å². The van der Waals surface area contributed by atoms with Crippen LogP contribution in [0.3, 0.4) is 0 Å². The molecule has 2 N–H and O–H groups in total. The van der Waals surface area contributed by atoms with Gasteiger partial charge in [-0.05, 0) is 36.6 Å². The number of hydrogen-bond donors (Lipinski definition) is 2. The van der Waals surface area contributed by atoms with Gasteiger partial charge in [0.2, 0.25) is 0 Å². The highest BCUT2D eigenvalue weighted by Gasteiger charge is 2.07. The van der Waals surface area contributed by atoms with E-state index in [9.17, 15) is 5.11 Å². The molecule has 0 spiro atoms. The van der Waals surface area contributed by atoms with Crippen LogP contribution in [0.25, 0.3) is 0 Å². The first-order valence-electron chi connectivity index (χ1n) is 7.74. The van der Waals surface area contributed by atoms with Crippen molar-refractivity contribution in [2.45, 2.75) is 33.0 Å². The second-order valence-electron chi connectivity index (χ2n) is 5.74. The summed E-state index contributed by atoms with van der Waals surface area (Å²) in [6.07, 6.45) is 0.617. The molecule has 0 bridgehead atoms. The lowest BCUT2D eigenvalue weighted by molar-refractivity contribution is 0.0288. The van der Waals surface area contributed by atoms with Gasteiger partial charge in [-0.3, -0.25) is 0 Å². The van der Waals surface area contributed by atoms with Gasteiger partial charge in [0.1, 0.15) is 0 Å². The Kier molecular flexibility index (Phi) is 8.89. The van der Waals surface area contributed by atoms with Crippen molar-refractivity contribution in [3.63, 3.8) is 0 Å². The number of hydrogen-bond acceptors (Lipinski definition) is 5. The molecule has 5 heteroatoms. The quantitative estimate of drug-likeness (QED) is 0.614. The molecule has 0 aliphatic rings. The van der Waals surface area contributed by atoms with Gasteiger partial charge in [0.05, 0.1) is 33.5 Å². The molecule has 0 saturated heterocycles. The largest absolute Gasteiger partial charge is 0.493 e. The van der Waals surface area contributed by atoms with Gasteiger partial charge in [-0.1, -0.05) is 19.9 Å². The van der Waals surface area contributed by atoms with Crippen molar-refractivity contribution in [2.75, 3.05) is 33.9 Å². The molecular weight excluding hydrogens is 282 g/mol. The van der Waals surface area contributed by atoms with E-state index < -0.39 is 6.10 Å². The molecule has 0 fully saturated rings. The Balaban J connectivity index is 2.26. The predicted molar refractivity (Wildman–Crippen MR) is 87.5 cm³/mol. The Bertz CT molecular complexity index is 423. The summed E-state index contributed by atoms with van der Waals surface area (Å²) in [7, 11) is 3.21. The van der Waals surface area contributed by atoms with Gasteiger partial charge in [-0.2, -0.15) is 0 Å². The van der Waals surface area contributed by atoms with Crippen LogP contribution in [0.2, 0.25) is 0 Å². The average Bonchev–Trinajstić information content (AvgIpc) is 2.51. The van der Waals surface area contributed by atoms with E-state index in [2.05, 4.69) is 19.2 Å². The average molecular weight is 311 g/mol. The summed E-state index contributed by atoms with van der Waals surface area (Å²) in [5.41, 5.74) is 0.984. The van der Waals surface area contributed by atoms with Crippen LogP contribution >= 0.6 is 0 Å². The van der Waals surface area contributed by atoms with Crippen LogP contribution < -0.4 is 14.8 Å². The first-order valence-corrected chi connectivity index (χ1v) is 7.74. The third-order valence-corrected chi connectivity index (χ3v) is 3.31. The zero-order valence-electron chi connectivity index (χ0n) is 14.1. The van der Waals surface area contributed by atoms with Gasteiger partial charge < -0.3 is 24.6 Å². The summed E-state index contributed by atoms with van der Waals surface area (Å²) < 4.78 is 16.0. The highest BCUT2D eigenvalue weighted by Crippen LogP contribution is 2.27. The van der Waals surface area contributed by atoms with Crippen LogP contribution in [0.1, 0.15) is 25.8 Å². The van der Waals surface area contributed by atoms with Gasteiger partial charge in [-0.15, -0.1) is 0 Å². The first-order chi connectivity index (χ1) is 10.6. The fourth-order valence-electron chi connectivity index (χ4n) is 2.00. The van der Waals surface area contributed by atoms with E-state index in [0.29, 0.717) is 37.2 Å². The highest BCUT2D eigenvalue weighted by molar-refractivity contribution is 5.42. The topological polar surface area (TPSA) is 60.0 Å². The zero-order valence-corrected chi connectivity index (χ0v) is 14.1. The van der Waals surface area contributed by atoms with Crippen molar-refractivity contribution in [2.24, 2.45) is 5.92 Å². The Hall–Kier alpha value is -1.30. The standard InChI is InChI=1S/C17H29NO4/c1-13(2)7-8-18-10-15(19)12-22-11-14-5-6-16(20-3)17(9-14)21-4/h5-6,9,13,15,18-19H,7-8,10-12H2,1-4H3/t15-/m0/s1. The Morgan fingerprint density at radius 2 is 1.86 bits per heavy atom. The molecule has 1 atom stereocenters. The second-order valence-corrected chi connectivity index (χ2v) is 5.74. The Morgan fingerprint density at radius 3 is 2.50 bits per heavy atom. The maximum absolute atomic E-state index is 9.84. The maximum atomic E-state index is 9.84. The van der Waals surface area contributed by atoms with E-state index in [-0.39, 0.29) is 0 Å². The molecule has 0 amide bonds. The fourth-order valence-corrected chi connectivity index (χ4v) is 2.00. The van der Waals surface area contributed by atoms with Crippen molar-refractivity contribution in [1.82, 2.24) is 5.32 Å². The highest BCUT2D eigenvalue weighted by atomic mass is 16.5. The number of aliphatic hydroxyl groups is 1. The summed E-state index contributed by atoms with van der Waals surface area (Å²) in [6.45, 7) is 6.59. The molecule has 126 valence electrons. The first kappa shape index (κ1) is 18.7. The predicted octanol–water partition coefficient (Wildman–Crippen LogP) is 2.22. The number of benzene rings is 1. The molecule has 1 aromatic carbocycles. The molecular formula is C17H29NO4. The molecule has 1 aromatic rings. The summed E-state index contributed by atoms with van der Waals surface area (Å²) in [5, 5.41) is 13.1. The van der Waals surface area contributed by atoms with E-state index in [0.717, 1.165) is 18.5 Å². The molecule has 0 unspecified atom stereocenters. The van der Waals surface area contributed by atoms with Crippen LogP contribution in [0.5, 0.6) is 11.5 Å². The number of nitrogens with one attached hydrogen (secondary N) is 1. The van der Waals surface area contributed by atoms with Crippen LogP contribution in [-0.4, -0.2) is 45.1 Å². The molecule has 0 heterocycles. The van der Waals surface area contributed by atoms with Gasteiger partial charge in [0.25, 0.3) is 0 Å². The molecule has 0 saturated carbocycles. The van der Waals surface area contributed by atoms with Gasteiger partial charge in [-0.25, -0.2) is 0 Å². The SMILES string of the molecule is COc1ccc(COC[C@@H](O)CNCCC(C)C)cc1OC. The second kappa shape index (κ2) is 10.4. The minimum atomic E-state index is -0.493. The number of methoxy groups -OCH3 is 2. The molecule has 0 radical (unpaired) electrons. The summed E-state index contributed by atoms with van der Waals surface area (Å²) >= 11 is 0. The lowest BCUT2D eigenvalue weighted by Gasteiger charge is -2.14. The fraction of sp³-hybridized carbons (Fsp3) is 0.647. The minimum absolute atomic E-state index is 0.309. The van der Waals surface area contributed by atoms with E-state index >= 15 is 0 Å². The summed E-state index contributed by atoms with van der Waals surface area (Å²) in [5.74, 6) is 2.05. The normalized spacial score (nSPS) is 12.5. The van der Waals surface area contributed by atoms with Crippen molar-refractivity contribution in [3.8, 4) is 11.5 Å². The molecule has 0 aliphatic heterocycles. The molecule has 22 heavy (non-hydrogen) atoms. The maximum Gasteiger partial charge on any atom is 0.161 e. The minimum Gasteiger partial charge on any atom is -0.493 e. The number of ether oxygens (including phenoxy) is 3. The van der Waals surface area contributed by atoms with Crippen molar-refractivity contribution >= 4 is 0 Å². The van der Waals surface area contributed by atoms with Crippen LogP contribution in [0.4, 0.5) is 0 Å². The van der Waals surface area contributed by atoms with E-state index in [1.165, 1.54) is 0 Å². The van der Waals surface area contributed by atoms with Gasteiger partial charge >= 0.3 is 0 Å². The monoisotopic (exact) mass is 311 g/mol. The van der Waals surface area contributed by atoms with E-state index in [4.69, 9.17) is 14.2 Å². The Labute approximate surface area is 133 Å². The number of rotatable bonds is 11. The van der Waals surface area contributed by atoms with E-state index in [1.54, 1.807) is 14.2 Å². The van der Waals surface area contributed by atoms with Crippen LogP contribution in [0, 0.1) is 5.92 Å². The molecule has 5 nitrogen and oxygen atoms in total. The third kappa shape index (κ3) is 7.11. The summed E-state index contributed by atoms with van der Waals surface area (Å²) in [4.78, 5) is 0. The van der Waals surface area contributed by atoms with Crippen molar-refractivity contribution in [3.05, 3.63) is 23.8 Å². The molecule has 0 aromatic heterocycles. The van der Waals surface area contributed by atoms with Crippen molar-refractivity contribution < 1.29 is 19.3 Å².